The Hall–Kier alpha value is -1.98. The quantitative estimate of drug-likeness (QED) is 0.631. The van der Waals surface area contributed by atoms with Crippen LogP contribution in [-0.2, 0) is 16.2 Å². The van der Waals surface area contributed by atoms with Crippen molar-refractivity contribution in [2.45, 2.75) is 31.5 Å². The highest BCUT2D eigenvalue weighted by molar-refractivity contribution is 7.88. The number of piperidine rings is 1. The molecule has 0 saturated carbocycles. The Morgan fingerprint density at radius 1 is 1.25 bits per heavy atom. The topological polar surface area (TPSA) is 67.6 Å². The van der Waals surface area contributed by atoms with Gasteiger partial charge in [-0.2, -0.15) is 22.6 Å². The Morgan fingerprint density at radius 3 is 2.68 bits per heavy atom. The van der Waals surface area contributed by atoms with Crippen LogP contribution >= 0.6 is 11.3 Å². The molecule has 1 aliphatic heterocycles. The fourth-order valence-corrected chi connectivity index (χ4v) is 5.33. The summed E-state index contributed by atoms with van der Waals surface area (Å²) in [6.07, 6.45) is -1.51. The minimum atomic E-state index is -4.63. The number of alkyl halides is 3. The first-order chi connectivity index (χ1) is 13.1. The van der Waals surface area contributed by atoms with Crippen LogP contribution in [0.25, 0.3) is 16.2 Å². The summed E-state index contributed by atoms with van der Waals surface area (Å²) in [5, 5.41) is 5.89. The Morgan fingerprint density at radius 2 is 2.04 bits per heavy atom. The monoisotopic (exact) mass is 430 g/mol. The third-order valence-corrected chi connectivity index (χ3v) is 6.91. The summed E-state index contributed by atoms with van der Waals surface area (Å²) in [4.78, 5) is 4.95. The Bertz CT molecular complexity index is 1110. The van der Waals surface area contributed by atoms with Crippen LogP contribution in [0.4, 0.5) is 13.2 Å². The molecule has 1 unspecified atom stereocenters. The van der Waals surface area contributed by atoms with E-state index in [0.29, 0.717) is 24.3 Å². The van der Waals surface area contributed by atoms with Crippen molar-refractivity contribution < 1.29 is 21.6 Å². The lowest BCUT2D eigenvalue weighted by Crippen LogP contribution is -2.37. The summed E-state index contributed by atoms with van der Waals surface area (Å²) < 4.78 is 67.3. The molecule has 0 aromatic carbocycles. The smallest absolute Gasteiger partial charge is 0.228 e. The second kappa shape index (κ2) is 6.82. The zero-order valence-corrected chi connectivity index (χ0v) is 16.5. The van der Waals surface area contributed by atoms with E-state index in [0.717, 1.165) is 23.3 Å². The van der Waals surface area contributed by atoms with Crippen molar-refractivity contribution in [1.82, 2.24) is 18.9 Å². The fourth-order valence-electron chi connectivity index (χ4n) is 3.51. The van der Waals surface area contributed by atoms with E-state index in [4.69, 9.17) is 0 Å². The first kappa shape index (κ1) is 19.3. The average Bonchev–Trinajstić information content (AvgIpc) is 3.28. The summed E-state index contributed by atoms with van der Waals surface area (Å²) in [5.74, 6) is 0. The van der Waals surface area contributed by atoms with Crippen molar-refractivity contribution in [3.05, 3.63) is 41.0 Å². The van der Waals surface area contributed by atoms with Gasteiger partial charge in [0.1, 0.15) is 0 Å². The minimum Gasteiger partial charge on any atom is -0.228 e. The number of fused-ring (bicyclic) bond motifs is 1. The lowest BCUT2D eigenvalue weighted by molar-refractivity contribution is -0.142. The molecule has 1 saturated heterocycles. The SMILES string of the molecule is CS(=O)(=O)N1CCCCC1c1cc2nc(-c3cccs3)cc(C(F)(F)F)n2n1. The van der Waals surface area contributed by atoms with Crippen LogP contribution in [0.3, 0.4) is 0 Å². The van der Waals surface area contributed by atoms with E-state index in [1.165, 1.54) is 21.7 Å². The number of hydrogen-bond acceptors (Lipinski definition) is 5. The van der Waals surface area contributed by atoms with E-state index in [9.17, 15) is 21.6 Å². The summed E-state index contributed by atoms with van der Waals surface area (Å²) in [7, 11) is -3.50. The third kappa shape index (κ3) is 3.53. The summed E-state index contributed by atoms with van der Waals surface area (Å²) in [6, 6.07) is 5.29. The number of rotatable bonds is 3. The zero-order chi connectivity index (χ0) is 20.1. The molecule has 6 nitrogen and oxygen atoms in total. The van der Waals surface area contributed by atoms with Crippen molar-refractivity contribution in [1.29, 1.82) is 0 Å². The van der Waals surface area contributed by atoms with Crippen LogP contribution in [0.5, 0.6) is 0 Å². The Labute approximate surface area is 163 Å². The number of nitrogens with zero attached hydrogens (tertiary/aromatic N) is 4. The van der Waals surface area contributed by atoms with Gasteiger partial charge in [0.05, 0.1) is 28.6 Å². The maximum absolute atomic E-state index is 13.7. The number of sulfonamides is 1. The number of thiophene rings is 1. The van der Waals surface area contributed by atoms with Crippen molar-refractivity contribution in [3.63, 3.8) is 0 Å². The highest BCUT2D eigenvalue weighted by atomic mass is 32.2. The molecule has 3 aromatic rings. The van der Waals surface area contributed by atoms with Crippen molar-refractivity contribution in [3.8, 4) is 10.6 Å². The molecule has 11 heteroatoms. The summed E-state index contributed by atoms with van der Waals surface area (Å²) in [5.41, 5.74) is -0.391. The first-order valence-corrected chi connectivity index (χ1v) is 11.4. The van der Waals surface area contributed by atoms with Crippen LogP contribution in [0.1, 0.15) is 36.7 Å². The van der Waals surface area contributed by atoms with Gasteiger partial charge in [-0.15, -0.1) is 11.3 Å². The summed E-state index contributed by atoms with van der Waals surface area (Å²) >= 11 is 1.30. The lowest BCUT2D eigenvalue weighted by Gasteiger charge is -2.32. The maximum Gasteiger partial charge on any atom is 0.433 e. The second-order valence-electron chi connectivity index (χ2n) is 6.73. The molecule has 4 heterocycles. The molecule has 1 aliphatic rings. The lowest BCUT2D eigenvalue weighted by atomic mass is 10.0. The largest absolute Gasteiger partial charge is 0.433 e. The van der Waals surface area contributed by atoms with Gasteiger partial charge in [0, 0.05) is 12.6 Å². The molecule has 28 heavy (non-hydrogen) atoms. The van der Waals surface area contributed by atoms with Crippen molar-refractivity contribution in [2.75, 3.05) is 12.8 Å². The minimum absolute atomic E-state index is 0.0484. The number of aromatic nitrogens is 3. The Kier molecular flexibility index (Phi) is 4.71. The molecular formula is C17H17F3N4O2S2. The van der Waals surface area contributed by atoms with Gasteiger partial charge in [0.2, 0.25) is 10.0 Å². The van der Waals surface area contributed by atoms with Gasteiger partial charge < -0.3 is 0 Å². The fraction of sp³-hybridized carbons (Fsp3) is 0.412. The standard InChI is InChI=1S/C17H17F3N4O2S2/c1-28(25,26)23-7-3-2-5-13(23)11-10-16-21-12(14-6-4-8-27-14)9-15(17(18,19)20)24(16)22-11/h4,6,8-10,13H,2-3,5,7H2,1H3. The van der Waals surface area contributed by atoms with E-state index in [-0.39, 0.29) is 17.0 Å². The van der Waals surface area contributed by atoms with Gasteiger partial charge >= 0.3 is 6.18 Å². The Balaban J connectivity index is 1.88. The number of halogens is 3. The predicted octanol–water partition coefficient (Wildman–Crippen LogP) is 3.96. The predicted molar refractivity (Wildman–Crippen MR) is 99.4 cm³/mol. The highest BCUT2D eigenvalue weighted by Crippen LogP contribution is 2.36. The number of hydrogen-bond donors (Lipinski definition) is 0. The van der Waals surface area contributed by atoms with Crippen molar-refractivity contribution in [2.24, 2.45) is 0 Å². The van der Waals surface area contributed by atoms with Crippen LogP contribution in [0.15, 0.2) is 29.6 Å². The molecule has 0 radical (unpaired) electrons. The molecule has 0 bridgehead atoms. The van der Waals surface area contributed by atoms with Gasteiger partial charge in [-0.1, -0.05) is 12.5 Å². The normalized spacial score (nSPS) is 19.4. The molecule has 0 N–H and O–H groups in total. The molecular weight excluding hydrogens is 413 g/mol. The van der Waals surface area contributed by atoms with Crippen LogP contribution in [-0.4, -0.2) is 40.1 Å². The molecule has 3 aromatic heterocycles. The van der Waals surface area contributed by atoms with E-state index >= 15 is 0 Å². The van der Waals surface area contributed by atoms with Crippen LogP contribution in [0.2, 0.25) is 0 Å². The third-order valence-electron chi connectivity index (χ3n) is 4.73. The molecule has 1 atom stereocenters. The van der Waals surface area contributed by atoms with E-state index in [1.807, 2.05) is 0 Å². The van der Waals surface area contributed by atoms with Gasteiger partial charge in [-0.3, -0.25) is 0 Å². The van der Waals surface area contributed by atoms with Crippen LogP contribution < -0.4 is 0 Å². The van der Waals surface area contributed by atoms with E-state index < -0.39 is 27.9 Å². The van der Waals surface area contributed by atoms with Crippen LogP contribution in [0, 0.1) is 0 Å². The first-order valence-electron chi connectivity index (χ1n) is 8.63. The second-order valence-corrected chi connectivity index (χ2v) is 9.61. The highest BCUT2D eigenvalue weighted by Gasteiger charge is 2.37. The molecule has 150 valence electrons. The maximum atomic E-state index is 13.7. The van der Waals surface area contributed by atoms with E-state index in [2.05, 4.69) is 10.1 Å². The van der Waals surface area contributed by atoms with E-state index in [1.54, 1.807) is 17.5 Å². The van der Waals surface area contributed by atoms with Crippen molar-refractivity contribution >= 4 is 27.0 Å². The van der Waals surface area contributed by atoms with Gasteiger partial charge in [0.25, 0.3) is 0 Å². The van der Waals surface area contributed by atoms with Gasteiger partial charge in [0.15, 0.2) is 11.3 Å². The molecule has 4 rings (SSSR count). The zero-order valence-electron chi connectivity index (χ0n) is 14.8. The molecule has 0 amide bonds. The molecule has 0 aliphatic carbocycles. The molecule has 0 spiro atoms. The molecule has 1 fully saturated rings. The summed E-state index contributed by atoms with van der Waals surface area (Å²) in [6.45, 7) is 0.331. The van der Waals surface area contributed by atoms with Gasteiger partial charge in [-0.25, -0.2) is 17.9 Å². The average molecular weight is 430 g/mol. The van der Waals surface area contributed by atoms with Gasteiger partial charge in [-0.05, 0) is 30.4 Å².